The van der Waals surface area contributed by atoms with E-state index in [1.165, 1.54) is 45.1 Å². The van der Waals surface area contributed by atoms with E-state index in [0.29, 0.717) is 0 Å². The molecule has 0 aromatic heterocycles. The Morgan fingerprint density at radius 3 is 2.25 bits per heavy atom. The molecule has 1 heteroatoms. The van der Waals surface area contributed by atoms with E-state index in [1.807, 2.05) is 0 Å². The monoisotopic (exact) mass is 223 g/mol. The van der Waals surface area contributed by atoms with Gasteiger partial charge >= 0.3 is 0 Å². The summed E-state index contributed by atoms with van der Waals surface area (Å²) < 4.78 is 0. The van der Waals surface area contributed by atoms with E-state index >= 15 is 0 Å². The Morgan fingerprint density at radius 2 is 1.56 bits per heavy atom. The van der Waals surface area contributed by atoms with Gasteiger partial charge in [-0.3, -0.25) is 0 Å². The summed E-state index contributed by atoms with van der Waals surface area (Å²) in [4.78, 5) is 0. The van der Waals surface area contributed by atoms with Crippen LogP contribution in [0.4, 0.5) is 0 Å². The first-order valence-electron chi connectivity index (χ1n) is 7.42. The lowest BCUT2D eigenvalue weighted by Gasteiger charge is -2.35. The van der Waals surface area contributed by atoms with E-state index in [1.54, 1.807) is 0 Å². The minimum Gasteiger partial charge on any atom is -0.313 e. The van der Waals surface area contributed by atoms with Crippen LogP contribution in [0.25, 0.3) is 0 Å². The van der Waals surface area contributed by atoms with E-state index < -0.39 is 0 Å². The van der Waals surface area contributed by atoms with Crippen LogP contribution in [0.15, 0.2) is 0 Å². The molecule has 0 saturated heterocycles. The Balaban J connectivity index is 1.76. The number of hydrogen-bond donors (Lipinski definition) is 1. The fraction of sp³-hybridized carbons (Fsp3) is 1.00. The lowest BCUT2D eigenvalue weighted by molar-refractivity contribution is 0.197. The van der Waals surface area contributed by atoms with E-state index in [9.17, 15) is 0 Å². The quantitative estimate of drug-likeness (QED) is 0.766. The summed E-state index contributed by atoms with van der Waals surface area (Å²) in [6.45, 7) is 8.59. The Labute approximate surface area is 101 Å². The zero-order valence-electron chi connectivity index (χ0n) is 11.3. The second kappa shape index (κ2) is 5.53. The summed E-state index contributed by atoms with van der Waals surface area (Å²) in [5.74, 6) is 3.73. The van der Waals surface area contributed by atoms with Crippen LogP contribution in [0.2, 0.25) is 0 Å². The third-order valence-corrected chi connectivity index (χ3v) is 5.39. The normalized spacial score (nSPS) is 44.8. The molecule has 0 radical (unpaired) electrons. The first-order chi connectivity index (χ1) is 7.68. The smallest absolute Gasteiger partial charge is 0.00953 e. The molecular formula is C15H29N. The minimum absolute atomic E-state index is 0.802. The van der Waals surface area contributed by atoms with E-state index in [0.717, 1.165) is 29.7 Å². The van der Waals surface area contributed by atoms with Crippen molar-refractivity contribution in [3.63, 3.8) is 0 Å². The van der Waals surface area contributed by atoms with Gasteiger partial charge in [-0.25, -0.2) is 0 Å². The summed E-state index contributed by atoms with van der Waals surface area (Å²) in [5.41, 5.74) is 0. The Kier molecular flexibility index (Phi) is 4.29. The fourth-order valence-corrected chi connectivity index (χ4v) is 3.70. The molecule has 2 aliphatic rings. The van der Waals surface area contributed by atoms with Gasteiger partial charge in [-0.2, -0.15) is 0 Å². The summed E-state index contributed by atoms with van der Waals surface area (Å²) in [5, 5.41) is 3.87. The molecule has 1 N–H and O–H groups in total. The third kappa shape index (κ3) is 2.80. The van der Waals surface area contributed by atoms with Crippen LogP contribution < -0.4 is 5.32 Å². The third-order valence-electron chi connectivity index (χ3n) is 5.39. The van der Waals surface area contributed by atoms with Crippen molar-refractivity contribution in [1.29, 1.82) is 0 Å². The average molecular weight is 223 g/mol. The SMILES string of the molecule is CC1CCCC1CNC1CCCC(C)C1C. The summed E-state index contributed by atoms with van der Waals surface area (Å²) in [6.07, 6.45) is 8.67. The van der Waals surface area contributed by atoms with Gasteiger partial charge in [0.15, 0.2) is 0 Å². The summed E-state index contributed by atoms with van der Waals surface area (Å²) in [7, 11) is 0. The highest BCUT2D eigenvalue weighted by Crippen LogP contribution is 2.32. The van der Waals surface area contributed by atoms with E-state index in [-0.39, 0.29) is 0 Å². The molecule has 0 bridgehead atoms. The molecule has 0 spiro atoms. The molecule has 0 aromatic rings. The topological polar surface area (TPSA) is 12.0 Å². The van der Waals surface area contributed by atoms with Crippen molar-refractivity contribution < 1.29 is 0 Å². The van der Waals surface area contributed by atoms with Crippen LogP contribution in [-0.2, 0) is 0 Å². The lowest BCUT2D eigenvalue weighted by atomic mass is 9.78. The van der Waals surface area contributed by atoms with Crippen molar-refractivity contribution in [3.8, 4) is 0 Å². The predicted molar refractivity (Wildman–Crippen MR) is 70.5 cm³/mol. The van der Waals surface area contributed by atoms with Gasteiger partial charge in [0.25, 0.3) is 0 Å². The standard InChI is InChI=1S/C15H29N/c1-11-6-5-9-15(13(11)3)16-10-14-8-4-7-12(14)2/h11-16H,4-10H2,1-3H3. The lowest BCUT2D eigenvalue weighted by Crippen LogP contribution is -2.42. The summed E-state index contributed by atoms with van der Waals surface area (Å²) in [6, 6.07) is 0.802. The largest absolute Gasteiger partial charge is 0.313 e. The van der Waals surface area contributed by atoms with E-state index in [2.05, 4.69) is 26.1 Å². The van der Waals surface area contributed by atoms with Crippen LogP contribution in [0.1, 0.15) is 59.3 Å². The van der Waals surface area contributed by atoms with Gasteiger partial charge in [0.05, 0.1) is 0 Å². The van der Waals surface area contributed by atoms with Gasteiger partial charge in [-0.1, -0.05) is 46.5 Å². The van der Waals surface area contributed by atoms with Crippen molar-refractivity contribution in [2.75, 3.05) is 6.54 Å². The predicted octanol–water partition coefficient (Wildman–Crippen LogP) is 3.84. The molecule has 16 heavy (non-hydrogen) atoms. The molecule has 2 rings (SSSR count). The molecule has 2 saturated carbocycles. The summed E-state index contributed by atoms with van der Waals surface area (Å²) >= 11 is 0. The molecule has 0 aliphatic heterocycles. The van der Waals surface area contributed by atoms with Gasteiger partial charge in [0, 0.05) is 6.04 Å². The van der Waals surface area contributed by atoms with Gasteiger partial charge < -0.3 is 5.32 Å². The van der Waals surface area contributed by atoms with E-state index in [4.69, 9.17) is 0 Å². The van der Waals surface area contributed by atoms with Gasteiger partial charge in [-0.15, -0.1) is 0 Å². The van der Waals surface area contributed by atoms with Crippen LogP contribution in [0, 0.1) is 23.7 Å². The second-order valence-corrected chi connectivity index (χ2v) is 6.45. The number of rotatable bonds is 3. The van der Waals surface area contributed by atoms with Crippen molar-refractivity contribution in [2.24, 2.45) is 23.7 Å². The van der Waals surface area contributed by atoms with Crippen molar-refractivity contribution in [1.82, 2.24) is 5.32 Å². The van der Waals surface area contributed by atoms with Crippen molar-refractivity contribution >= 4 is 0 Å². The Hall–Kier alpha value is -0.0400. The fourth-order valence-electron chi connectivity index (χ4n) is 3.70. The molecule has 2 fully saturated rings. The molecule has 1 nitrogen and oxygen atoms in total. The molecule has 5 unspecified atom stereocenters. The molecule has 2 aliphatic carbocycles. The zero-order valence-corrected chi connectivity index (χ0v) is 11.3. The maximum atomic E-state index is 3.87. The maximum absolute atomic E-state index is 3.87. The maximum Gasteiger partial charge on any atom is 0.00953 e. The highest BCUT2D eigenvalue weighted by atomic mass is 14.9. The van der Waals surface area contributed by atoms with Gasteiger partial charge in [0.2, 0.25) is 0 Å². The zero-order chi connectivity index (χ0) is 11.5. The second-order valence-electron chi connectivity index (χ2n) is 6.45. The molecule has 0 heterocycles. The number of hydrogen-bond acceptors (Lipinski definition) is 1. The van der Waals surface area contributed by atoms with Crippen molar-refractivity contribution in [3.05, 3.63) is 0 Å². The van der Waals surface area contributed by atoms with Crippen LogP contribution in [0.3, 0.4) is 0 Å². The van der Waals surface area contributed by atoms with Crippen molar-refractivity contribution in [2.45, 2.75) is 65.3 Å². The minimum atomic E-state index is 0.802. The van der Waals surface area contributed by atoms with Crippen LogP contribution in [0.5, 0.6) is 0 Å². The molecule has 0 aromatic carbocycles. The molecular weight excluding hydrogens is 194 g/mol. The average Bonchev–Trinajstić information content (AvgIpc) is 2.67. The first kappa shape index (κ1) is 12.4. The van der Waals surface area contributed by atoms with Gasteiger partial charge in [-0.05, 0) is 43.1 Å². The highest BCUT2D eigenvalue weighted by Gasteiger charge is 2.29. The van der Waals surface area contributed by atoms with Crippen LogP contribution >= 0.6 is 0 Å². The molecule has 0 amide bonds. The van der Waals surface area contributed by atoms with Gasteiger partial charge in [0.1, 0.15) is 0 Å². The Morgan fingerprint density at radius 1 is 0.875 bits per heavy atom. The van der Waals surface area contributed by atoms with Crippen LogP contribution in [-0.4, -0.2) is 12.6 Å². The Bertz CT molecular complexity index is 213. The first-order valence-corrected chi connectivity index (χ1v) is 7.42. The molecule has 5 atom stereocenters. The number of nitrogens with one attached hydrogen (secondary N) is 1. The highest BCUT2D eigenvalue weighted by molar-refractivity contribution is 4.84. The molecule has 94 valence electrons.